The van der Waals surface area contributed by atoms with E-state index in [-0.39, 0.29) is 5.91 Å². The van der Waals surface area contributed by atoms with Gasteiger partial charge in [-0.15, -0.1) is 0 Å². The van der Waals surface area contributed by atoms with Crippen LogP contribution in [0.2, 0.25) is 0 Å². The van der Waals surface area contributed by atoms with Crippen LogP contribution in [0.1, 0.15) is 18.1 Å². The molecule has 0 aliphatic heterocycles. The van der Waals surface area contributed by atoms with Crippen molar-refractivity contribution < 1.29 is 4.79 Å². The average Bonchev–Trinajstić information content (AvgIpc) is 2.12. The standard InChI is InChI=1S/C12H15NO/c1-4-5-12(14)13-11-7-6-9(2)10(3)8-11/h4-8H,1-3H3,(H,13,14)/b5-4+. The van der Waals surface area contributed by atoms with Crippen LogP contribution in [-0.4, -0.2) is 5.91 Å². The van der Waals surface area contributed by atoms with E-state index in [1.165, 1.54) is 17.2 Å². The van der Waals surface area contributed by atoms with Crippen molar-refractivity contribution >= 4 is 11.6 Å². The first-order valence-electron chi connectivity index (χ1n) is 4.64. The Morgan fingerprint density at radius 3 is 2.57 bits per heavy atom. The largest absolute Gasteiger partial charge is 0.323 e. The molecule has 1 aromatic carbocycles. The highest BCUT2D eigenvalue weighted by molar-refractivity contribution is 5.99. The molecule has 0 heterocycles. The van der Waals surface area contributed by atoms with Gasteiger partial charge in [0, 0.05) is 5.69 Å². The summed E-state index contributed by atoms with van der Waals surface area (Å²) >= 11 is 0. The molecule has 1 rings (SSSR count). The number of aryl methyl sites for hydroxylation is 2. The van der Waals surface area contributed by atoms with Gasteiger partial charge in [0.05, 0.1) is 0 Å². The van der Waals surface area contributed by atoms with Crippen molar-refractivity contribution in [3.63, 3.8) is 0 Å². The summed E-state index contributed by atoms with van der Waals surface area (Å²) in [5.74, 6) is -0.0873. The Hall–Kier alpha value is -1.57. The molecule has 0 spiro atoms. The van der Waals surface area contributed by atoms with Crippen molar-refractivity contribution in [2.75, 3.05) is 5.32 Å². The minimum Gasteiger partial charge on any atom is -0.323 e. The highest BCUT2D eigenvalue weighted by Crippen LogP contribution is 2.13. The molecule has 0 saturated heterocycles. The van der Waals surface area contributed by atoms with Crippen molar-refractivity contribution in [2.24, 2.45) is 0 Å². The van der Waals surface area contributed by atoms with Gasteiger partial charge in [0.1, 0.15) is 0 Å². The summed E-state index contributed by atoms with van der Waals surface area (Å²) in [6.07, 6.45) is 3.23. The number of benzene rings is 1. The molecule has 74 valence electrons. The zero-order valence-electron chi connectivity index (χ0n) is 8.79. The summed E-state index contributed by atoms with van der Waals surface area (Å²) in [7, 11) is 0. The van der Waals surface area contributed by atoms with Crippen LogP contribution >= 0.6 is 0 Å². The molecule has 2 heteroatoms. The molecule has 0 radical (unpaired) electrons. The number of hydrogen-bond donors (Lipinski definition) is 1. The molecule has 0 unspecified atom stereocenters. The monoisotopic (exact) mass is 189 g/mol. The molecule has 0 fully saturated rings. The molecule has 14 heavy (non-hydrogen) atoms. The Morgan fingerprint density at radius 1 is 1.29 bits per heavy atom. The number of allylic oxidation sites excluding steroid dienone is 1. The van der Waals surface area contributed by atoms with E-state index in [0.717, 1.165) is 5.69 Å². The molecule has 1 N–H and O–H groups in total. The van der Waals surface area contributed by atoms with Gasteiger partial charge in [0.15, 0.2) is 0 Å². The smallest absolute Gasteiger partial charge is 0.248 e. The number of amides is 1. The molecule has 0 aliphatic carbocycles. The Balaban J connectivity index is 2.78. The number of rotatable bonds is 2. The van der Waals surface area contributed by atoms with Crippen molar-refractivity contribution in [1.82, 2.24) is 0 Å². The lowest BCUT2D eigenvalue weighted by Crippen LogP contribution is -2.07. The Kier molecular flexibility index (Phi) is 3.46. The first kappa shape index (κ1) is 10.5. The van der Waals surface area contributed by atoms with Gasteiger partial charge in [0.2, 0.25) is 5.91 Å². The van der Waals surface area contributed by atoms with E-state index in [0.29, 0.717) is 0 Å². The molecule has 1 aromatic rings. The van der Waals surface area contributed by atoms with Crippen LogP contribution in [0.15, 0.2) is 30.4 Å². The van der Waals surface area contributed by atoms with Gasteiger partial charge < -0.3 is 5.32 Å². The number of hydrogen-bond acceptors (Lipinski definition) is 1. The molecule has 0 aromatic heterocycles. The van der Waals surface area contributed by atoms with Gasteiger partial charge in [-0.25, -0.2) is 0 Å². The maximum atomic E-state index is 11.2. The third-order valence-electron chi connectivity index (χ3n) is 2.09. The number of anilines is 1. The van der Waals surface area contributed by atoms with Gasteiger partial charge in [-0.1, -0.05) is 12.1 Å². The van der Waals surface area contributed by atoms with Crippen molar-refractivity contribution in [3.8, 4) is 0 Å². The lowest BCUT2D eigenvalue weighted by molar-refractivity contribution is -0.111. The summed E-state index contributed by atoms with van der Waals surface area (Å²) in [5, 5.41) is 2.79. The van der Waals surface area contributed by atoms with Crippen molar-refractivity contribution in [1.29, 1.82) is 0 Å². The van der Waals surface area contributed by atoms with Gasteiger partial charge in [-0.3, -0.25) is 4.79 Å². The third-order valence-corrected chi connectivity index (χ3v) is 2.09. The van der Waals surface area contributed by atoms with Crippen LogP contribution in [0.3, 0.4) is 0 Å². The summed E-state index contributed by atoms with van der Waals surface area (Å²) in [4.78, 5) is 11.2. The SMILES string of the molecule is C/C=C/C(=O)Nc1ccc(C)c(C)c1. The Labute approximate surface area is 84.6 Å². The van der Waals surface area contributed by atoms with Gasteiger partial charge in [0.25, 0.3) is 0 Å². The Morgan fingerprint density at radius 2 is 2.00 bits per heavy atom. The van der Waals surface area contributed by atoms with E-state index < -0.39 is 0 Å². The van der Waals surface area contributed by atoms with Gasteiger partial charge >= 0.3 is 0 Å². The van der Waals surface area contributed by atoms with E-state index in [1.54, 1.807) is 6.08 Å². The second kappa shape index (κ2) is 4.61. The normalized spacial score (nSPS) is 10.5. The molecule has 1 amide bonds. The highest BCUT2D eigenvalue weighted by Gasteiger charge is 1.98. The van der Waals surface area contributed by atoms with Crippen LogP contribution in [0.4, 0.5) is 5.69 Å². The summed E-state index contributed by atoms with van der Waals surface area (Å²) < 4.78 is 0. The van der Waals surface area contributed by atoms with Crippen molar-refractivity contribution in [3.05, 3.63) is 41.5 Å². The second-order valence-corrected chi connectivity index (χ2v) is 3.29. The highest BCUT2D eigenvalue weighted by atomic mass is 16.1. The van der Waals surface area contributed by atoms with Crippen LogP contribution in [0.25, 0.3) is 0 Å². The van der Waals surface area contributed by atoms with Gasteiger partial charge in [-0.2, -0.15) is 0 Å². The van der Waals surface area contributed by atoms with E-state index in [1.807, 2.05) is 39.0 Å². The van der Waals surface area contributed by atoms with Crippen molar-refractivity contribution in [2.45, 2.75) is 20.8 Å². The number of carbonyl (C=O) groups is 1. The van der Waals surface area contributed by atoms with Crippen LogP contribution < -0.4 is 5.32 Å². The minimum atomic E-state index is -0.0873. The predicted molar refractivity (Wildman–Crippen MR) is 59.4 cm³/mol. The average molecular weight is 189 g/mol. The molecule has 0 bridgehead atoms. The quantitative estimate of drug-likeness (QED) is 0.712. The van der Waals surface area contributed by atoms with Gasteiger partial charge in [-0.05, 0) is 50.1 Å². The lowest BCUT2D eigenvalue weighted by Gasteiger charge is -2.05. The molecule has 2 nitrogen and oxygen atoms in total. The fourth-order valence-electron chi connectivity index (χ4n) is 1.15. The molecule has 0 aliphatic rings. The zero-order valence-corrected chi connectivity index (χ0v) is 8.79. The second-order valence-electron chi connectivity index (χ2n) is 3.29. The first-order chi connectivity index (χ1) is 6.63. The summed E-state index contributed by atoms with van der Waals surface area (Å²) in [5.41, 5.74) is 3.26. The maximum absolute atomic E-state index is 11.2. The van der Waals surface area contributed by atoms with E-state index in [2.05, 4.69) is 5.32 Å². The number of nitrogens with one attached hydrogen (secondary N) is 1. The summed E-state index contributed by atoms with van der Waals surface area (Å²) in [6, 6.07) is 5.88. The third kappa shape index (κ3) is 2.73. The van der Waals surface area contributed by atoms with E-state index in [4.69, 9.17) is 0 Å². The lowest BCUT2D eigenvalue weighted by atomic mass is 10.1. The molecular formula is C12H15NO. The predicted octanol–water partition coefficient (Wildman–Crippen LogP) is 2.82. The fourth-order valence-corrected chi connectivity index (χ4v) is 1.15. The van der Waals surface area contributed by atoms with E-state index in [9.17, 15) is 4.79 Å². The summed E-state index contributed by atoms with van der Waals surface area (Å²) in [6.45, 7) is 5.90. The molecule has 0 saturated carbocycles. The zero-order chi connectivity index (χ0) is 10.6. The molecular weight excluding hydrogens is 174 g/mol. The topological polar surface area (TPSA) is 29.1 Å². The Bertz CT molecular complexity index is 367. The van der Waals surface area contributed by atoms with E-state index >= 15 is 0 Å². The first-order valence-corrected chi connectivity index (χ1v) is 4.64. The minimum absolute atomic E-state index is 0.0873. The van der Waals surface area contributed by atoms with Crippen LogP contribution in [-0.2, 0) is 4.79 Å². The molecule has 0 atom stereocenters. The number of carbonyl (C=O) groups excluding carboxylic acids is 1. The fraction of sp³-hybridized carbons (Fsp3) is 0.250. The van der Waals surface area contributed by atoms with Crippen LogP contribution in [0.5, 0.6) is 0 Å². The van der Waals surface area contributed by atoms with Crippen LogP contribution in [0, 0.1) is 13.8 Å². The maximum Gasteiger partial charge on any atom is 0.248 e.